The number of rotatable bonds is 7. The molecule has 1 saturated carbocycles. The molecule has 1 nitrogen and oxygen atoms in total. The van der Waals surface area contributed by atoms with Crippen LogP contribution in [0.4, 0.5) is 0 Å². The first kappa shape index (κ1) is 14.8. The summed E-state index contributed by atoms with van der Waals surface area (Å²) in [6.07, 6.45) is 14.0. The van der Waals surface area contributed by atoms with Gasteiger partial charge in [-0.25, -0.2) is 0 Å². The molecule has 0 bridgehead atoms. The summed E-state index contributed by atoms with van der Waals surface area (Å²) in [6.45, 7) is 9.32. The van der Waals surface area contributed by atoms with Crippen molar-refractivity contribution in [3.8, 4) is 0 Å². The molecule has 1 aliphatic rings. The Labute approximate surface area is 108 Å². The summed E-state index contributed by atoms with van der Waals surface area (Å²) in [7, 11) is 0. The summed E-state index contributed by atoms with van der Waals surface area (Å²) < 4.78 is 0. The van der Waals surface area contributed by atoms with Gasteiger partial charge in [-0.15, -0.1) is 0 Å². The Kier molecular flexibility index (Phi) is 6.26. The molecule has 0 saturated heterocycles. The molecule has 1 aliphatic carbocycles. The van der Waals surface area contributed by atoms with Crippen LogP contribution < -0.4 is 5.32 Å². The van der Waals surface area contributed by atoms with Crippen LogP contribution in [0.5, 0.6) is 0 Å². The van der Waals surface area contributed by atoms with Crippen molar-refractivity contribution < 1.29 is 0 Å². The second-order valence-electron chi connectivity index (χ2n) is 6.20. The first-order valence-electron chi connectivity index (χ1n) is 7.53. The Morgan fingerprint density at radius 1 is 1.24 bits per heavy atom. The van der Waals surface area contributed by atoms with E-state index in [0.29, 0.717) is 11.5 Å². The molecular weight excluding hydrogens is 206 g/mol. The van der Waals surface area contributed by atoms with Crippen molar-refractivity contribution in [3.63, 3.8) is 0 Å². The van der Waals surface area contributed by atoms with Crippen molar-refractivity contribution in [1.29, 1.82) is 0 Å². The minimum atomic E-state index is 0.378. The van der Waals surface area contributed by atoms with Gasteiger partial charge in [0.2, 0.25) is 0 Å². The van der Waals surface area contributed by atoms with Gasteiger partial charge in [-0.1, -0.05) is 59.1 Å². The molecule has 0 aromatic heterocycles. The number of nitrogens with one attached hydrogen (secondary N) is 1. The summed E-state index contributed by atoms with van der Waals surface area (Å²) >= 11 is 0. The maximum atomic E-state index is 3.89. The molecule has 17 heavy (non-hydrogen) atoms. The van der Waals surface area contributed by atoms with Crippen molar-refractivity contribution >= 4 is 0 Å². The highest BCUT2D eigenvalue weighted by Gasteiger charge is 2.29. The summed E-state index contributed by atoms with van der Waals surface area (Å²) in [4.78, 5) is 0. The van der Waals surface area contributed by atoms with Gasteiger partial charge in [-0.3, -0.25) is 0 Å². The van der Waals surface area contributed by atoms with E-state index in [1.165, 1.54) is 38.5 Å². The molecule has 1 heteroatoms. The van der Waals surface area contributed by atoms with Gasteiger partial charge in [0.15, 0.2) is 0 Å². The maximum Gasteiger partial charge on any atom is 0.0303 e. The third kappa shape index (κ3) is 4.83. The van der Waals surface area contributed by atoms with Crippen LogP contribution in [0.25, 0.3) is 0 Å². The quantitative estimate of drug-likeness (QED) is 0.634. The van der Waals surface area contributed by atoms with Crippen molar-refractivity contribution in [1.82, 2.24) is 5.32 Å². The Balaban J connectivity index is 2.61. The van der Waals surface area contributed by atoms with Gasteiger partial charge in [0.25, 0.3) is 0 Å². The fraction of sp³-hybridized carbons (Fsp3) is 0.875. The second-order valence-corrected chi connectivity index (χ2v) is 6.20. The molecule has 0 spiro atoms. The van der Waals surface area contributed by atoms with Crippen LogP contribution in [0.3, 0.4) is 0 Å². The lowest BCUT2D eigenvalue weighted by molar-refractivity contribution is 0.240. The van der Waals surface area contributed by atoms with Crippen LogP contribution >= 0.6 is 0 Å². The largest absolute Gasteiger partial charge is 0.307 e. The van der Waals surface area contributed by atoms with E-state index in [2.05, 4.69) is 45.2 Å². The van der Waals surface area contributed by atoms with E-state index < -0.39 is 0 Å². The van der Waals surface area contributed by atoms with Gasteiger partial charge in [0.05, 0.1) is 0 Å². The van der Waals surface area contributed by atoms with Gasteiger partial charge in [-0.05, 0) is 31.1 Å². The summed E-state index contributed by atoms with van der Waals surface area (Å²) in [6, 6.07) is 1.31. The first-order valence-corrected chi connectivity index (χ1v) is 7.53. The zero-order valence-electron chi connectivity index (χ0n) is 12.3. The Morgan fingerprint density at radius 3 is 2.41 bits per heavy atom. The van der Waals surface area contributed by atoms with Crippen LogP contribution in [-0.2, 0) is 0 Å². The first-order chi connectivity index (χ1) is 8.10. The predicted molar refractivity (Wildman–Crippen MR) is 77.3 cm³/mol. The summed E-state index contributed by atoms with van der Waals surface area (Å²) in [5, 5.41) is 3.89. The normalized spacial score (nSPS) is 20.2. The summed E-state index contributed by atoms with van der Waals surface area (Å²) in [5.74, 6) is 0. The van der Waals surface area contributed by atoms with E-state index in [1.54, 1.807) is 0 Å². The van der Waals surface area contributed by atoms with Crippen LogP contribution in [-0.4, -0.2) is 12.1 Å². The van der Waals surface area contributed by atoms with Crippen LogP contribution in [0.15, 0.2) is 12.2 Å². The molecule has 1 unspecified atom stereocenters. The van der Waals surface area contributed by atoms with Gasteiger partial charge < -0.3 is 5.32 Å². The molecular formula is C16H31N. The number of allylic oxidation sites excluding steroid dienone is 1. The van der Waals surface area contributed by atoms with Gasteiger partial charge in [0, 0.05) is 12.1 Å². The van der Waals surface area contributed by atoms with Gasteiger partial charge in [0.1, 0.15) is 0 Å². The van der Waals surface area contributed by atoms with Crippen molar-refractivity contribution in [3.05, 3.63) is 12.2 Å². The van der Waals surface area contributed by atoms with E-state index in [4.69, 9.17) is 0 Å². The minimum absolute atomic E-state index is 0.378. The highest BCUT2D eigenvalue weighted by atomic mass is 15.0. The lowest BCUT2D eigenvalue weighted by Gasteiger charge is -2.35. The SMILES string of the molecule is CC/C=C\C(NC1CCCC1)C(C)(C)CCC. The smallest absolute Gasteiger partial charge is 0.0303 e. The molecule has 0 radical (unpaired) electrons. The van der Waals surface area contributed by atoms with E-state index in [0.717, 1.165) is 12.5 Å². The maximum absolute atomic E-state index is 3.89. The van der Waals surface area contributed by atoms with E-state index in [-0.39, 0.29) is 0 Å². The van der Waals surface area contributed by atoms with Crippen LogP contribution in [0, 0.1) is 5.41 Å². The van der Waals surface area contributed by atoms with Crippen LogP contribution in [0.1, 0.15) is 72.6 Å². The lowest BCUT2D eigenvalue weighted by atomic mass is 9.79. The molecule has 1 rings (SSSR count). The van der Waals surface area contributed by atoms with Crippen molar-refractivity contribution in [2.45, 2.75) is 84.7 Å². The second kappa shape index (κ2) is 7.20. The fourth-order valence-corrected chi connectivity index (χ4v) is 2.96. The monoisotopic (exact) mass is 237 g/mol. The molecule has 0 amide bonds. The Bertz CT molecular complexity index is 224. The van der Waals surface area contributed by atoms with Crippen molar-refractivity contribution in [2.75, 3.05) is 0 Å². The Morgan fingerprint density at radius 2 is 1.88 bits per heavy atom. The molecule has 1 N–H and O–H groups in total. The predicted octanol–water partition coefficient (Wildman–Crippen LogP) is 4.68. The van der Waals surface area contributed by atoms with E-state index >= 15 is 0 Å². The topological polar surface area (TPSA) is 12.0 Å². The molecule has 0 heterocycles. The average Bonchev–Trinajstić information content (AvgIpc) is 2.76. The summed E-state index contributed by atoms with van der Waals surface area (Å²) in [5.41, 5.74) is 0.378. The Hall–Kier alpha value is -0.300. The number of hydrogen-bond donors (Lipinski definition) is 1. The van der Waals surface area contributed by atoms with Gasteiger partial charge >= 0.3 is 0 Å². The number of hydrogen-bond acceptors (Lipinski definition) is 1. The standard InChI is InChI=1S/C16H31N/c1-5-7-12-15(16(3,4)13-6-2)17-14-10-8-9-11-14/h7,12,14-15,17H,5-6,8-11,13H2,1-4H3/b12-7-. The molecule has 0 aliphatic heterocycles. The van der Waals surface area contributed by atoms with E-state index in [9.17, 15) is 0 Å². The minimum Gasteiger partial charge on any atom is -0.307 e. The third-order valence-corrected chi connectivity index (χ3v) is 4.07. The lowest BCUT2D eigenvalue weighted by Crippen LogP contribution is -2.45. The highest BCUT2D eigenvalue weighted by Crippen LogP contribution is 2.30. The third-order valence-electron chi connectivity index (χ3n) is 4.07. The molecule has 0 aromatic carbocycles. The zero-order valence-corrected chi connectivity index (χ0v) is 12.3. The van der Waals surface area contributed by atoms with Gasteiger partial charge in [-0.2, -0.15) is 0 Å². The highest BCUT2D eigenvalue weighted by molar-refractivity contribution is 5.02. The molecule has 1 fully saturated rings. The molecule has 100 valence electrons. The van der Waals surface area contributed by atoms with Crippen LogP contribution in [0.2, 0.25) is 0 Å². The van der Waals surface area contributed by atoms with E-state index in [1.807, 2.05) is 0 Å². The zero-order chi connectivity index (χ0) is 12.7. The molecule has 0 aromatic rings. The average molecular weight is 237 g/mol. The van der Waals surface area contributed by atoms with Crippen molar-refractivity contribution in [2.24, 2.45) is 5.41 Å². The fourth-order valence-electron chi connectivity index (χ4n) is 2.96. The molecule has 1 atom stereocenters.